The second-order valence-electron chi connectivity index (χ2n) is 8.76. The lowest BCUT2D eigenvalue weighted by atomic mass is 9.97. The van der Waals surface area contributed by atoms with Crippen molar-refractivity contribution in [3.63, 3.8) is 0 Å². The van der Waals surface area contributed by atoms with Crippen LogP contribution in [0, 0.1) is 17.2 Å². The second-order valence-corrected chi connectivity index (χ2v) is 13.5. The Balaban J connectivity index is 5.20. The second kappa shape index (κ2) is 10.7. The molecule has 0 rings (SSSR count). The van der Waals surface area contributed by atoms with Gasteiger partial charge in [0, 0.05) is 6.08 Å². The van der Waals surface area contributed by atoms with Crippen molar-refractivity contribution in [3.8, 4) is 6.07 Å². The molecular weight excluding hydrogens is 334 g/mol. The first-order valence-electron chi connectivity index (χ1n) is 9.63. The summed E-state index contributed by atoms with van der Waals surface area (Å²) in [5.41, 5.74) is 3.47. The van der Waals surface area contributed by atoms with Crippen molar-refractivity contribution < 1.29 is 4.43 Å². The van der Waals surface area contributed by atoms with Crippen molar-refractivity contribution in [2.75, 3.05) is 0 Å². The molecule has 0 saturated carbocycles. The van der Waals surface area contributed by atoms with Gasteiger partial charge in [-0.3, -0.25) is 0 Å². The maximum atomic E-state index is 8.64. The lowest BCUT2D eigenvalue weighted by Crippen LogP contribution is -2.45. The summed E-state index contributed by atoms with van der Waals surface area (Å²) in [5.74, 6) is 0.377. The molecule has 146 valence electrons. The maximum absolute atomic E-state index is 8.64. The highest BCUT2D eigenvalue weighted by molar-refractivity contribution is 6.74. The fraction of sp³-hybridized carbons (Fsp3) is 0.609. The van der Waals surface area contributed by atoms with Crippen molar-refractivity contribution in [2.24, 2.45) is 5.92 Å². The SMILES string of the molecule is CC[C@H](O[Si](C)(C)C(C)(C)C)[C@H](C)/C=C(C)/C(C)=C/C=C/C(C)=C\C#N. The van der Waals surface area contributed by atoms with Crippen LogP contribution in [0.15, 0.2) is 47.1 Å². The fourth-order valence-corrected chi connectivity index (χ4v) is 3.87. The molecule has 0 aromatic rings. The number of hydrogen-bond donors (Lipinski definition) is 0. The molecule has 0 unspecified atom stereocenters. The Morgan fingerprint density at radius 2 is 1.73 bits per heavy atom. The smallest absolute Gasteiger partial charge is 0.192 e. The highest BCUT2D eigenvalue weighted by Crippen LogP contribution is 2.38. The van der Waals surface area contributed by atoms with E-state index in [2.05, 4.69) is 73.7 Å². The summed E-state index contributed by atoms with van der Waals surface area (Å²) in [6, 6.07) is 2.05. The first-order chi connectivity index (χ1) is 11.9. The van der Waals surface area contributed by atoms with Gasteiger partial charge in [0.1, 0.15) is 0 Å². The molecule has 0 aromatic carbocycles. The van der Waals surface area contributed by atoms with Gasteiger partial charge in [0.05, 0.1) is 12.2 Å². The van der Waals surface area contributed by atoms with Gasteiger partial charge < -0.3 is 4.43 Å². The van der Waals surface area contributed by atoms with E-state index in [1.807, 2.05) is 25.1 Å². The van der Waals surface area contributed by atoms with Crippen LogP contribution in [0.1, 0.15) is 61.8 Å². The Hall–Kier alpha value is -1.37. The molecule has 0 N–H and O–H groups in total. The summed E-state index contributed by atoms with van der Waals surface area (Å²) in [7, 11) is -1.76. The molecule has 0 spiro atoms. The summed E-state index contributed by atoms with van der Waals surface area (Å²) < 4.78 is 6.66. The lowest BCUT2D eigenvalue weighted by Gasteiger charge is -2.40. The van der Waals surface area contributed by atoms with E-state index in [1.165, 1.54) is 11.1 Å². The van der Waals surface area contributed by atoms with Crippen molar-refractivity contribution in [3.05, 3.63) is 47.1 Å². The van der Waals surface area contributed by atoms with Crippen LogP contribution in [-0.4, -0.2) is 14.4 Å². The Bertz CT molecular complexity index is 609. The third-order valence-corrected chi connectivity index (χ3v) is 9.88. The van der Waals surface area contributed by atoms with Crippen molar-refractivity contribution in [1.29, 1.82) is 5.26 Å². The van der Waals surface area contributed by atoms with E-state index in [9.17, 15) is 0 Å². The molecule has 0 bridgehead atoms. The van der Waals surface area contributed by atoms with Crippen LogP contribution in [0.3, 0.4) is 0 Å². The molecule has 26 heavy (non-hydrogen) atoms. The predicted molar refractivity (Wildman–Crippen MR) is 118 cm³/mol. The van der Waals surface area contributed by atoms with Gasteiger partial charge in [-0.1, -0.05) is 64.5 Å². The molecule has 0 radical (unpaired) electrons. The Kier molecular flexibility index (Phi) is 10.1. The summed E-state index contributed by atoms with van der Waals surface area (Å²) >= 11 is 0. The van der Waals surface area contributed by atoms with Gasteiger partial charge in [-0.05, 0) is 62.4 Å². The minimum Gasteiger partial charge on any atom is -0.413 e. The van der Waals surface area contributed by atoms with E-state index in [0.29, 0.717) is 5.92 Å². The van der Waals surface area contributed by atoms with Gasteiger partial charge in [0.25, 0.3) is 0 Å². The van der Waals surface area contributed by atoms with Crippen LogP contribution in [0.4, 0.5) is 0 Å². The van der Waals surface area contributed by atoms with E-state index >= 15 is 0 Å². The third kappa shape index (κ3) is 8.34. The topological polar surface area (TPSA) is 33.0 Å². The molecular formula is C23H39NOSi. The zero-order valence-electron chi connectivity index (χ0n) is 18.6. The first-order valence-corrected chi connectivity index (χ1v) is 12.5. The van der Waals surface area contributed by atoms with Crippen LogP contribution in [0.25, 0.3) is 0 Å². The first kappa shape index (κ1) is 24.6. The minimum absolute atomic E-state index is 0.230. The molecule has 0 fully saturated rings. The molecule has 0 amide bonds. The Morgan fingerprint density at radius 1 is 1.15 bits per heavy atom. The van der Waals surface area contributed by atoms with Crippen molar-refractivity contribution in [2.45, 2.75) is 86.0 Å². The zero-order valence-corrected chi connectivity index (χ0v) is 19.6. The highest BCUT2D eigenvalue weighted by atomic mass is 28.4. The standard InChI is InChI=1S/C23H39NOSi/c1-11-22(25-26(9,10)23(6,7)8)21(5)17-20(4)19(3)14-12-13-18(2)15-16-24/h12-15,17,21-22H,11H2,1-10H3/b13-12+,18-15-,19-14+,20-17+/t21-,22+/m1/s1. The molecule has 0 heterocycles. The third-order valence-electron chi connectivity index (χ3n) is 5.37. The van der Waals surface area contributed by atoms with E-state index < -0.39 is 8.32 Å². The monoisotopic (exact) mass is 373 g/mol. The van der Waals surface area contributed by atoms with Gasteiger partial charge >= 0.3 is 0 Å². The van der Waals surface area contributed by atoms with Gasteiger partial charge in [-0.2, -0.15) is 5.26 Å². The van der Waals surface area contributed by atoms with Crippen LogP contribution in [0.2, 0.25) is 18.1 Å². The van der Waals surface area contributed by atoms with E-state index in [1.54, 1.807) is 6.08 Å². The largest absolute Gasteiger partial charge is 0.413 e. The van der Waals surface area contributed by atoms with E-state index in [0.717, 1.165) is 12.0 Å². The summed E-state index contributed by atoms with van der Waals surface area (Å²) in [4.78, 5) is 0. The van der Waals surface area contributed by atoms with Crippen LogP contribution in [-0.2, 0) is 4.43 Å². The van der Waals surface area contributed by atoms with Gasteiger partial charge in [-0.15, -0.1) is 0 Å². The van der Waals surface area contributed by atoms with Gasteiger partial charge in [0.2, 0.25) is 0 Å². The number of hydrogen-bond acceptors (Lipinski definition) is 2. The summed E-state index contributed by atoms with van der Waals surface area (Å²) in [5, 5.41) is 8.88. The van der Waals surface area contributed by atoms with Crippen molar-refractivity contribution in [1.82, 2.24) is 0 Å². The van der Waals surface area contributed by atoms with Crippen LogP contribution >= 0.6 is 0 Å². The molecule has 2 atom stereocenters. The molecule has 0 aliphatic rings. The number of nitriles is 1. The molecule has 0 aliphatic carbocycles. The number of nitrogens with zero attached hydrogens (tertiary/aromatic N) is 1. The highest BCUT2D eigenvalue weighted by Gasteiger charge is 2.39. The van der Waals surface area contributed by atoms with Gasteiger partial charge in [-0.25, -0.2) is 0 Å². The molecule has 0 aliphatic heterocycles. The molecule has 0 saturated heterocycles. The maximum Gasteiger partial charge on any atom is 0.192 e. The van der Waals surface area contributed by atoms with Crippen LogP contribution < -0.4 is 0 Å². The summed E-state index contributed by atoms with van der Waals surface area (Å²) in [6.07, 6.45) is 11.2. The quantitative estimate of drug-likeness (QED) is 0.253. The van der Waals surface area contributed by atoms with Crippen molar-refractivity contribution >= 4 is 8.32 Å². The van der Waals surface area contributed by atoms with E-state index in [-0.39, 0.29) is 11.1 Å². The zero-order chi connectivity index (χ0) is 20.5. The minimum atomic E-state index is -1.76. The Morgan fingerprint density at radius 3 is 2.19 bits per heavy atom. The molecule has 3 heteroatoms. The van der Waals surface area contributed by atoms with Gasteiger partial charge in [0.15, 0.2) is 8.32 Å². The normalized spacial score (nSPS) is 17.3. The predicted octanol–water partition coefficient (Wildman–Crippen LogP) is 7.34. The average molecular weight is 374 g/mol. The fourth-order valence-electron chi connectivity index (χ4n) is 2.38. The Labute approximate surface area is 163 Å². The van der Waals surface area contributed by atoms with E-state index in [4.69, 9.17) is 9.69 Å². The molecule has 0 aromatic heterocycles. The number of rotatable bonds is 8. The lowest BCUT2D eigenvalue weighted by molar-refractivity contribution is 0.141. The average Bonchev–Trinajstić information content (AvgIpc) is 2.51. The molecule has 2 nitrogen and oxygen atoms in total. The number of allylic oxidation sites excluding steroid dienone is 7. The summed E-state index contributed by atoms with van der Waals surface area (Å²) in [6.45, 7) is 22.2. The van der Waals surface area contributed by atoms with Crippen LogP contribution in [0.5, 0.6) is 0 Å².